The van der Waals surface area contributed by atoms with E-state index in [0.717, 1.165) is 53.2 Å². The van der Waals surface area contributed by atoms with Gasteiger partial charge >= 0.3 is 6.09 Å². The molecule has 3 N–H and O–H groups in total. The van der Waals surface area contributed by atoms with Crippen molar-refractivity contribution in [2.75, 3.05) is 13.2 Å². The molecule has 1 amide bonds. The number of carbonyl (C=O) groups excluding carboxylic acids is 1. The lowest BCUT2D eigenvalue weighted by molar-refractivity contribution is 0.0408. The third-order valence-electron chi connectivity index (χ3n) is 8.60. The zero-order chi connectivity index (χ0) is 42.4. The van der Waals surface area contributed by atoms with Gasteiger partial charge in [-0.2, -0.15) is 10.5 Å². The van der Waals surface area contributed by atoms with E-state index in [2.05, 4.69) is 65.1 Å². The number of alkyl carbamates (subject to hydrolysis) is 1. The first kappa shape index (κ1) is 45.8. The summed E-state index contributed by atoms with van der Waals surface area (Å²) < 4.78 is 17.3. The first-order valence-corrected chi connectivity index (χ1v) is 19.6. The molecule has 0 unspecified atom stereocenters. The van der Waals surface area contributed by atoms with Crippen LogP contribution in [-0.4, -0.2) is 55.9 Å². The zero-order valence-corrected chi connectivity index (χ0v) is 35.6. The van der Waals surface area contributed by atoms with Crippen molar-refractivity contribution in [3.8, 4) is 46.2 Å². The Morgan fingerprint density at radius 1 is 0.719 bits per heavy atom. The smallest absolute Gasteiger partial charge is 0.408 e. The summed E-state index contributed by atoms with van der Waals surface area (Å²) in [5.74, 6) is 1.82. The Morgan fingerprint density at radius 3 is 1.58 bits per heavy atom. The monoisotopic (exact) mass is 776 g/mol. The van der Waals surface area contributed by atoms with Gasteiger partial charge in [0.15, 0.2) is 0 Å². The maximum Gasteiger partial charge on any atom is 0.408 e. The summed E-state index contributed by atoms with van der Waals surface area (Å²) in [6, 6.07) is 19.2. The predicted molar refractivity (Wildman–Crippen MR) is 223 cm³/mol. The second-order valence-electron chi connectivity index (χ2n) is 16.8. The Labute approximate surface area is 339 Å². The number of rotatable bonds is 15. The number of hydrogen-bond donors (Lipinski definition) is 2. The van der Waals surface area contributed by atoms with Crippen LogP contribution in [0.4, 0.5) is 4.79 Å². The number of ether oxygens (including phenoxy) is 3. The minimum atomic E-state index is -0.662. The number of hydrogen-bond acceptors (Lipinski definition) is 11. The molecule has 0 aliphatic rings. The van der Waals surface area contributed by atoms with Crippen LogP contribution in [0.3, 0.4) is 0 Å². The maximum atomic E-state index is 12.4. The Hall–Kier alpha value is -5.59. The Morgan fingerprint density at radius 2 is 1.18 bits per heavy atom. The number of nitrogens with one attached hydrogen (secondary N) is 1. The molecule has 0 aliphatic carbocycles. The van der Waals surface area contributed by atoms with Gasteiger partial charge in [-0.15, -0.1) is 0 Å². The van der Waals surface area contributed by atoms with Crippen molar-refractivity contribution in [2.24, 2.45) is 17.6 Å². The van der Waals surface area contributed by atoms with Crippen molar-refractivity contribution in [3.05, 3.63) is 83.7 Å². The number of nitrogens with zero attached hydrogens (tertiary/aromatic N) is 6. The van der Waals surface area contributed by atoms with Crippen LogP contribution in [-0.2, 0) is 17.6 Å². The summed E-state index contributed by atoms with van der Waals surface area (Å²) in [5, 5.41) is 22.1. The number of amides is 1. The molecule has 0 saturated heterocycles. The topological polar surface area (TPSA) is 182 Å². The number of aromatic nitrogens is 4. The molecule has 304 valence electrons. The first-order valence-electron chi connectivity index (χ1n) is 19.6. The fraction of sp³-hybridized carbons (Fsp3) is 0.489. The van der Waals surface area contributed by atoms with E-state index in [9.17, 15) is 15.3 Å². The van der Waals surface area contributed by atoms with E-state index in [4.69, 9.17) is 19.9 Å². The molecular formula is C45H60N8O4. The highest BCUT2D eigenvalue weighted by atomic mass is 16.6. The van der Waals surface area contributed by atoms with Gasteiger partial charge in [-0.25, -0.2) is 24.7 Å². The molecule has 12 nitrogen and oxygen atoms in total. The second kappa shape index (κ2) is 20.5. The molecule has 0 aliphatic heterocycles. The van der Waals surface area contributed by atoms with Crippen LogP contribution < -0.4 is 20.5 Å². The fourth-order valence-electron chi connectivity index (χ4n) is 6.37. The summed E-state index contributed by atoms with van der Waals surface area (Å²) in [6.45, 7) is 22.4. The molecule has 57 heavy (non-hydrogen) atoms. The lowest BCUT2D eigenvalue weighted by Gasteiger charge is -2.33. The summed E-state index contributed by atoms with van der Waals surface area (Å²) in [5.41, 5.74) is 10.7. The van der Waals surface area contributed by atoms with E-state index in [0.29, 0.717) is 47.5 Å². The molecule has 2 aromatic carbocycles. The average Bonchev–Trinajstić information content (AvgIpc) is 3.14. The van der Waals surface area contributed by atoms with E-state index < -0.39 is 22.8 Å². The van der Waals surface area contributed by atoms with Crippen molar-refractivity contribution in [1.82, 2.24) is 25.3 Å². The quantitative estimate of drug-likeness (QED) is 0.118. The molecule has 12 heteroatoms. The molecule has 4 rings (SSSR count). The van der Waals surface area contributed by atoms with E-state index in [1.807, 2.05) is 78.8 Å². The highest BCUT2D eigenvalue weighted by Crippen LogP contribution is 2.29. The normalized spacial score (nSPS) is 13.3. The molecule has 2 heterocycles. The second-order valence-corrected chi connectivity index (χ2v) is 16.8. The third kappa shape index (κ3) is 15.1. The van der Waals surface area contributed by atoms with Gasteiger partial charge in [0.05, 0.1) is 28.1 Å². The molecule has 0 spiro atoms. The van der Waals surface area contributed by atoms with Crippen molar-refractivity contribution >= 4 is 6.09 Å². The van der Waals surface area contributed by atoms with Crippen molar-refractivity contribution in [2.45, 2.75) is 119 Å². The van der Waals surface area contributed by atoms with Crippen LogP contribution in [0.2, 0.25) is 0 Å². The lowest BCUT2D eigenvalue weighted by atomic mass is 9.91. The molecule has 0 saturated carbocycles. The van der Waals surface area contributed by atoms with Crippen molar-refractivity contribution < 1.29 is 19.0 Å². The Balaban J connectivity index is 0.000000315. The van der Waals surface area contributed by atoms with E-state index in [1.165, 1.54) is 6.33 Å². The highest BCUT2D eigenvalue weighted by Gasteiger charge is 2.31. The van der Waals surface area contributed by atoms with Crippen molar-refractivity contribution in [1.29, 1.82) is 10.5 Å². The number of nitriles is 2. The maximum absolute atomic E-state index is 12.4. The molecule has 2 aromatic heterocycles. The predicted octanol–water partition coefficient (Wildman–Crippen LogP) is 9.01. The van der Waals surface area contributed by atoms with Gasteiger partial charge in [0.1, 0.15) is 55.1 Å². The van der Waals surface area contributed by atoms with Gasteiger partial charge in [0.25, 0.3) is 0 Å². The SMILES string of the molecule is CCc1cc(-c2ccc(OC[C@@](C)(N)CC(C)C)c(C#N)c2)ncn1.CCc1cc(-c2ccc(OC[C@](C)(CC(C)C)NC(=O)OC(C)(C)C)c(C#N)c2)ncn1. The molecule has 0 fully saturated rings. The molecule has 0 bridgehead atoms. The van der Waals surface area contributed by atoms with Crippen molar-refractivity contribution in [3.63, 3.8) is 0 Å². The summed E-state index contributed by atoms with van der Waals surface area (Å²) in [6.07, 6.45) is 5.78. The zero-order valence-electron chi connectivity index (χ0n) is 35.6. The van der Waals surface area contributed by atoms with Crippen LogP contribution in [0.25, 0.3) is 22.5 Å². The lowest BCUT2D eigenvalue weighted by Crippen LogP contribution is -2.52. The molecular weight excluding hydrogens is 717 g/mol. The number of benzene rings is 2. The standard InChI is InChI=1S/C25H34N4O3.C20H26N4O/c1-8-20-12-21(28-16-27-20)18-9-10-22(19(11-18)14-26)31-15-25(7,13-17(2)3)29-23(30)32-24(4,5)6;1-5-17-9-18(24-13-23-17)15-6-7-19(16(8-15)11-21)25-12-20(4,22)10-14(2)3/h9-12,16-17H,8,13,15H2,1-7H3,(H,29,30);6-9,13-14H,5,10,12,22H2,1-4H3/t25-;20-/m00/s1. The molecule has 0 radical (unpaired) electrons. The van der Waals surface area contributed by atoms with Gasteiger partial charge in [0, 0.05) is 28.1 Å². The fourth-order valence-corrected chi connectivity index (χ4v) is 6.37. The minimum absolute atomic E-state index is 0.200. The van der Waals surface area contributed by atoms with Crippen LogP contribution in [0, 0.1) is 34.5 Å². The largest absolute Gasteiger partial charge is 0.490 e. The number of aryl methyl sites for hydroxylation is 2. The Kier molecular flexibility index (Phi) is 16.5. The summed E-state index contributed by atoms with van der Waals surface area (Å²) in [4.78, 5) is 29.4. The van der Waals surface area contributed by atoms with Gasteiger partial charge in [-0.1, -0.05) is 41.5 Å². The van der Waals surface area contributed by atoms with E-state index >= 15 is 0 Å². The third-order valence-corrected chi connectivity index (χ3v) is 8.60. The molecule has 2 atom stereocenters. The van der Waals surface area contributed by atoms with Gasteiger partial charge in [-0.05, 0) is 121 Å². The van der Waals surface area contributed by atoms with Crippen LogP contribution in [0.1, 0.15) is 112 Å². The number of nitrogens with two attached hydrogens (primary N) is 1. The minimum Gasteiger partial charge on any atom is -0.490 e. The Bertz CT molecular complexity index is 2030. The van der Waals surface area contributed by atoms with E-state index in [-0.39, 0.29) is 6.61 Å². The van der Waals surface area contributed by atoms with Crippen LogP contribution >= 0.6 is 0 Å². The molecule has 4 aromatic rings. The summed E-state index contributed by atoms with van der Waals surface area (Å²) in [7, 11) is 0. The van der Waals surface area contributed by atoms with E-state index in [1.54, 1.807) is 24.5 Å². The van der Waals surface area contributed by atoms with Gasteiger partial charge < -0.3 is 25.3 Å². The first-order chi connectivity index (χ1) is 26.8. The van der Waals surface area contributed by atoms with Gasteiger partial charge in [0.2, 0.25) is 0 Å². The van der Waals surface area contributed by atoms with Crippen LogP contribution in [0.5, 0.6) is 11.5 Å². The average molecular weight is 777 g/mol. The highest BCUT2D eigenvalue weighted by molar-refractivity contribution is 5.69. The summed E-state index contributed by atoms with van der Waals surface area (Å²) >= 11 is 0. The van der Waals surface area contributed by atoms with Crippen LogP contribution in [0.15, 0.2) is 61.2 Å². The number of carbonyl (C=O) groups is 1. The van der Waals surface area contributed by atoms with Gasteiger partial charge in [-0.3, -0.25) is 0 Å².